The van der Waals surface area contributed by atoms with E-state index in [-0.39, 0.29) is 18.5 Å². The number of fused-ring (bicyclic) bond motifs is 1. The van der Waals surface area contributed by atoms with Crippen LogP contribution in [0, 0.1) is 0 Å². The van der Waals surface area contributed by atoms with Crippen LogP contribution in [0.15, 0.2) is 18.2 Å². The zero-order valence-corrected chi connectivity index (χ0v) is 10.2. The van der Waals surface area contributed by atoms with E-state index in [1.54, 1.807) is 0 Å². The minimum atomic E-state index is -4.42. The number of alkyl halides is 5. The van der Waals surface area contributed by atoms with Gasteiger partial charge in [0.05, 0.1) is 23.2 Å². The van der Waals surface area contributed by atoms with Crippen LogP contribution in [-0.4, -0.2) is 29.6 Å². The second-order valence-electron chi connectivity index (χ2n) is 4.13. The molecular formula is C12H11F5N2O. The lowest BCUT2D eigenvalue weighted by molar-refractivity contribution is -0.137. The molecule has 1 heterocycles. The van der Waals surface area contributed by atoms with Crippen LogP contribution in [0.2, 0.25) is 0 Å². The van der Waals surface area contributed by atoms with Gasteiger partial charge in [0.1, 0.15) is 12.4 Å². The van der Waals surface area contributed by atoms with Gasteiger partial charge < -0.3 is 9.72 Å². The molecule has 0 amide bonds. The molecule has 0 spiro atoms. The van der Waals surface area contributed by atoms with Crippen LogP contribution in [0.5, 0.6) is 0 Å². The van der Waals surface area contributed by atoms with Crippen LogP contribution in [0.4, 0.5) is 22.0 Å². The first kappa shape index (κ1) is 14.7. The fraction of sp³-hybridized carbons (Fsp3) is 0.417. The number of imidazole rings is 1. The number of nitrogens with one attached hydrogen (secondary N) is 1. The molecule has 0 aliphatic heterocycles. The standard InChI is InChI=1S/C12H11F5N2O/c13-10(14)6-20-4-3-11-18-8-2-1-7(12(15,16)17)5-9(8)19-11/h1-2,5,10H,3-4,6H2,(H,18,19). The van der Waals surface area contributed by atoms with Gasteiger partial charge in [-0.25, -0.2) is 13.8 Å². The fourth-order valence-electron chi connectivity index (χ4n) is 1.70. The first-order valence-corrected chi connectivity index (χ1v) is 5.78. The number of benzene rings is 1. The van der Waals surface area contributed by atoms with E-state index in [4.69, 9.17) is 0 Å². The van der Waals surface area contributed by atoms with E-state index >= 15 is 0 Å². The smallest absolute Gasteiger partial charge is 0.375 e. The molecule has 0 fully saturated rings. The molecule has 2 rings (SSSR count). The SMILES string of the molecule is FC(F)COCCc1nc2ccc(C(F)(F)F)cc2[nH]1. The lowest BCUT2D eigenvalue weighted by Gasteiger charge is -2.05. The number of ether oxygens (including phenoxy) is 1. The summed E-state index contributed by atoms with van der Waals surface area (Å²) in [5.74, 6) is 0.397. The van der Waals surface area contributed by atoms with E-state index in [0.717, 1.165) is 12.1 Å². The van der Waals surface area contributed by atoms with Gasteiger partial charge in [-0.3, -0.25) is 0 Å². The van der Waals surface area contributed by atoms with Crippen LogP contribution < -0.4 is 0 Å². The zero-order chi connectivity index (χ0) is 14.8. The van der Waals surface area contributed by atoms with Gasteiger partial charge in [0.15, 0.2) is 0 Å². The lowest BCUT2D eigenvalue weighted by atomic mass is 10.2. The van der Waals surface area contributed by atoms with Crippen molar-refractivity contribution in [2.75, 3.05) is 13.2 Å². The van der Waals surface area contributed by atoms with Crippen molar-refractivity contribution in [3.05, 3.63) is 29.6 Å². The highest BCUT2D eigenvalue weighted by atomic mass is 19.4. The average molecular weight is 294 g/mol. The van der Waals surface area contributed by atoms with Crippen molar-refractivity contribution in [3.63, 3.8) is 0 Å². The highest BCUT2D eigenvalue weighted by molar-refractivity contribution is 5.76. The zero-order valence-electron chi connectivity index (χ0n) is 10.2. The quantitative estimate of drug-likeness (QED) is 0.678. The van der Waals surface area contributed by atoms with Crippen LogP contribution in [0.25, 0.3) is 11.0 Å². The number of H-pyrrole nitrogens is 1. The van der Waals surface area contributed by atoms with Crippen molar-refractivity contribution in [2.45, 2.75) is 19.0 Å². The molecule has 0 aliphatic rings. The Hall–Kier alpha value is -1.70. The molecule has 0 bridgehead atoms. The largest absolute Gasteiger partial charge is 0.416 e. The molecule has 0 saturated carbocycles. The van der Waals surface area contributed by atoms with E-state index in [2.05, 4.69) is 14.7 Å². The maximum Gasteiger partial charge on any atom is 0.416 e. The Morgan fingerprint density at radius 1 is 1.25 bits per heavy atom. The lowest BCUT2D eigenvalue weighted by Crippen LogP contribution is -2.07. The van der Waals surface area contributed by atoms with Crippen molar-refractivity contribution in [1.82, 2.24) is 9.97 Å². The predicted molar refractivity (Wildman–Crippen MR) is 61.6 cm³/mol. The second kappa shape index (κ2) is 5.74. The summed E-state index contributed by atoms with van der Waals surface area (Å²) in [6.07, 6.45) is -6.73. The molecule has 1 aromatic heterocycles. The molecule has 0 atom stereocenters. The molecule has 1 aromatic carbocycles. The van der Waals surface area contributed by atoms with Crippen molar-refractivity contribution < 1.29 is 26.7 Å². The first-order chi connectivity index (χ1) is 9.36. The topological polar surface area (TPSA) is 37.9 Å². The summed E-state index contributed by atoms with van der Waals surface area (Å²) in [4.78, 5) is 6.78. The van der Waals surface area contributed by atoms with Gasteiger partial charge in [0.2, 0.25) is 0 Å². The molecule has 110 valence electrons. The van der Waals surface area contributed by atoms with Crippen molar-refractivity contribution in [2.24, 2.45) is 0 Å². The highest BCUT2D eigenvalue weighted by Gasteiger charge is 2.30. The van der Waals surface area contributed by atoms with Gasteiger partial charge in [-0.15, -0.1) is 0 Å². The summed E-state index contributed by atoms with van der Waals surface area (Å²) in [7, 11) is 0. The maximum absolute atomic E-state index is 12.5. The minimum absolute atomic E-state index is 0.0241. The van der Waals surface area contributed by atoms with Crippen molar-refractivity contribution in [3.8, 4) is 0 Å². The Bertz CT molecular complexity index is 579. The number of hydrogen-bond donors (Lipinski definition) is 1. The number of hydrogen-bond acceptors (Lipinski definition) is 2. The third-order valence-corrected chi connectivity index (χ3v) is 2.59. The van der Waals surface area contributed by atoms with E-state index < -0.39 is 24.8 Å². The van der Waals surface area contributed by atoms with Crippen molar-refractivity contribution in [1.29, 1.82) is 0 Å². The first-order valence-electron chi connectivity index (χ1n) is 5.78. The Morgan fingerprint density at radius 2 is 2.00 bits per heavy atom. The molecule has 0 saturated heterocycles. The highest BCUT2D eigenvalue weighted by Crippen LogP contribution is 2.30. The van der Waals surface area contributed by atoms with E-state index in [9.17, 15) is 22.0 Å². The third kappa shape index (κ3) is 3.66. The number of aromatic amines is 1. The molecular weight excluding hydrogens is 283 g/mol. The van der Waals surface area contributed by atoms with Crippen LogP contribution in [0.1, 0.15) is 11.4 Å². The average Bonchev–Trinajstić information content (AvgIpc) is 2.74. The third-order valence-electron chi connectivity index (χ3n) is 2.59. The monoisotopic (exact) mass is 294 g/mol. The minimum Gasteiger partial charge on any atom is -0.375 e. The summed E-state index contributed by atoms with van der Waals surface area (Å²) >= 11 is 0. The van der Waals surface area contributed by atoms with Gasteiger partial charge in [-0.2, -0.15) is 13.2 Å². The van der Waals surface area contributed by atoms with Gasteiger partial charge in [0, 0.05) is 6.42 Å². The van der Waals surface area contributed by atoms with Gasteiger partial charge in [0.25, 0.3) is 6.43 Å². The molecule has 2 aromatic rings. The Balaban J connectivity index is 2.06. The maximum atomic E-state index is 12.5. The summed E-state index contributed by atoms with van der Waals surface area (Å²) in [6, 6.07) is 3.17. The molecule has 8 heteroatoms. The molecule has 0 aliphatic carbocycles. The summed E-state index contributed by atoms with van der Waals surface area (Å²) in [5.41, 5.74) is -0.125. The normalized spacial score (nSPS) is 12.5. The van der Waals surface area contributed by atoms with Crippen LogP contribution in [0.3, 0.4) is 0 Å². The van der Waals surface area contributed by atoms with Crippen molar-refractivity contribution >= 4 is 11.0 Å². The second-order valence-corrected chi connectivity index (χ2v) is 4.13. The molecule has 3 nitrogen and oxygen atoms in total. The summed E-state index contributed by atoms with van der Waals surface area (Å²) < 4.78 is 65.9. The number of halogens is 5. The molecule has 1 N–H and O–H groups in total. The summed E-state index contributed by atoms with van der Waals surface area (Å²) in [6.45, 7) is -0.644. The predicted octanol–water partition coefficient (Wildman–Crippen LogP) is 3.41. The van der Waals surface area contributed by atoms with Crippen LogP contribution in [-0.2, 0) is 17.3 Å². The van der Waals surface area contributed by atoms with E-state index in [0.29, 0.717) is 11.3 Å². The Morgan fingerprint density at radius 3 is 2.65 bits per heavy atom. The molecule has 0 radical (unpaired) electrons. The van der Waals surface area contributed by atoms with Crippen LogP contribution >= 0.6 is 0 Å². The number of nitrogens with zero attached hydrogens (tertiary/aromatic N) is 1. The Labute approximate surface area is 110 Å². The Kier molecular flexibility index (Phi) is 4.22. The molecule has 0 unspecified atom stereocenters. The summed E-state index contributed by atoms with van der Waals surface area (Å²) in [5, 5.41) is 0. The van der Waals surface area contributed by atoms with Gasteiger partial charge in [-0.05, 0) is 18.2 Å². The number of aromatic nitrogens is 2. The van der Waals surface area contributed by atoms with E-state index in [1.165, 1.54) is 6.07 Å². The van der Waals surface area contributed by atoms with E-state index in [1.807, 2.05) is 0 Å². The number of rotatable bonds is 5. The fourth-order valence-corrected chi connectivity index (χ4v) is 1.70. The molecule has 20 heavy (non-hydrogen) atoms. The van der Waals surface area contributed by atoms with Gasteiger partial charge >= 0.3 is 6.18 Å². The van der Waals surface area contributed by atoms with Gasteiger partial charge in [-0.1, -0.05) is 0 Å².